The third-order valence-corrected chi connectivity index (χ3v) is 5.24. The van der Waals surface area contributed by atoms with Crippen LogP contribution in [0.4, 0.5) is 5.82 Å². The van der Waals surface area contributed by atoms with Gasteiger partial charge in [-0.15, -0.1) is 0 Å². The summed E-state index contributed by atoms with van der Waals surface area (Å²) < 4.78 is 0. The molecular formula is C19H24N6O. The number of carbonyl (C=O) groups excluding carboxylic acids is 1. The van der Waals surface area contributed by atoms with Gasteiger partial charge >= 0.3 is 0 Å². The number of aromatic nitrogens is 3. The smallest absolute Gasteiger partial charge is 0.270 e. The van der Waals surface area contributed by atoms with Crippen LogP contribution in [-0.2, 0) is 6.42 Å². The molecule has 26 heavy (non-hydrogen) atoms. The molecule has 1 unspecified atom stereocenters. The predicted octanol–water partition coefficient (Wildman–Crippen LogP) is 1.72. The fourth-order valence-electron chi connectivity index (χ4n) is 3.76. The number of anilines is 1. The number of amides is 1. The third-order valence-electron chi connectivity index (χ3n) is 5.24. The fraction of sp³-hybridized carbons (Fsp3) is 0.474. The monoisotopic (exact) mass is 352 g/mol. The number of nitrogens with zero attached hydrogens (tertiary/aromatic N) is 4. The number of rotatable bonds is 5. The number of likely N-dealkylation sites (tertiary alicyclic amines) is 1. The zero-order valence-electron chi connectivity index (χ0n) is 15.0. The quantitative estimate of drug-likeness (QED) is 0.853. The highest BCUT2D eigenvalue weighted by Crippen LogP contribution is 2.25. The second-order valence-corrected chi connectivity index (χ2v) is 6.96. The Labute approximate surface area is 153 Å². The predicted molar refractivity (Wildman–Crippen MR) is 100 cm³/mol. The van der Waals surface area contributed by atoms with Crippen molar-refractivity contribution in [1.82, 2.24) is 25.2 Å². The van der Waals surface area contributed by atoms with Crippen molar-refractivity contribution in [3.63, 3.8) is 0 Å². The van der Waals surface area contributed by atoms with Crippen LogP contribution in [0, 0.1) is 0 Å². The number of pyridine rings is 1. The topological polar surface area (TPSA) is 83.0 Å². The molecule has 7 heteroatoms. The van der Waals surface area contributed by atoms with Crippen LogP contribution >= 0.6 is 0 Å². The first kappa shape index (κ1) is 16.9. The number of nitrogens with one attached hydrogen (secondary N) is 2. The van der Waals surface area contributed by atoms with Crippen molar-refractivity contribution in [3.8, 4) is 11.4 Å². The van der Waals surface area contributed by atoms with E-state index in [9.17, 15) is 4.79 Å². The van der Waals surface area contributed by atoms with Crippen molar-refractivity contribution in [2.24, 2.45) is 0 Å². The van der Waals surface area contributed by atoms with Crippen molar-refractivity contribution >= 4 is 11.7 Å². The summed E-state index contributed by atoms with van der Waals surface area (Å²) in [6.45, 7) is 2.65. The van der Waals surface area contributed by atoms with Gasteiger partial charge in [0.05, 0.1) is 0 Å². The van der Waals surface area contributed by atoms with Crippen LogP contribution in [-0.4, -0.2) is 58.5 Å². The molecule has 0 spiro atoms. The minimum Gasteiger partial charge on any atom is -0.370 e. The maximum Gasteiger partial charge on any atom is 0.270 e. The Balaban J connectivity index is 1.59. The van der Waals surface area contributed by atoms with E-state index in [1.54, 1.807) is 12.4 Å². The molecule has 0 saturated carbocycles. The highest BCUT2D eigenvalue weighted by molar-refractivity contribution is 5.96. The highest BCUT2D eigenvalue weighted by atomic mass is 16.1. The van der Waals surface area contributed by atoms with Crippen LogP contribution < -0.4 is 10.6 Å². The molecule has 2 aliphatic heterocycles. The molecular weight excluding hydrogens is 328 g/mol. The highest BCUT2D eigenvalue weighted by Gasteiger charge is 2.25. The summed E-state index contributed by atoms with van der Waals surface area (Å²) in [7, 11) is 2.19. The lowest BCUT2D eigenvalue weighted by molar-refractivity contribution is 0.0940. The maximum atomic E-state index is 12.3. The molecule has 136 valence electrons. The van der Waals surface area contributed by atoms with Crippen LogP contribution in [0.3, 0.4) is 0 Å². The van der Waals surface area contributed by atoms with Gasteiger partial charge in [-0.1, -0.05) is 0 Å². The normalized spacial score (nSPS) is 19.9. The number of fused-ring (bicyclic) bond motifs is 1. The standard InChI is InChI=1S/C19H24N6O/c1-25-11-3-5-14(25)6-9-21-18-15-7-10-22-19(26)16(15)23-17(24-18)13-4-2-8-20-12-13/h2,4,8,12,14H,3,5-7,9-11H2,1H3,(H,22,26)(H,21,23,24). The Kier molecular flexibility index (Phi) is 4.79. The van der Waals surface area contributed by atoms with E-state index in [0.717, 1.165) is 36.3 Å². The molecule has 2 aromatic heterocycles. The Bertz CT molecular complexity index is 794. The van der Waals surface area contributed by atoms with Crippen molar-refractivity contribution < 1.29 is 4.79 Å². The van der Waals surface area contributed by atoms with E-state index in [-0.39, 0.29) is 5.91 Å². The van der Waals surface area contributed by atoms with Crippen LogP contribution in [0.15, 0.2) is 24.5 Å². The summed E-state index contributed by atoms with van der Waals surface area (Å²) >= 11 is 0. The van der Waals surface area contributed by atoms with Gasteiger partial charge in [-0.2, -0.15) is 0 Å². The van der Waals surface area contributed by atoms with E-state index in [0.29, 0.717) is 24.1 Å². The molecule has 2 aliphatic rings. The Morgan fingerprint density at radius 2 is 2.31 bits per heavy atom. The van der Waals surface area contributed by atoms with Crippen LogP contribution in [0.5, 0.6) is 0 Å². The van der Waals surface area contributed by atoms with Gasteiger partial charge in [0.1, 0.15) is 11.5 Å². The largest absolute Gasteiger partial charge is 0.370 e. The molecule has 1 fully saturated rings. The molecule has 1 amide bonds. The lowest BCUT2D eigenvalue weighted by atomic mass is 10.1. The van der Waals surface area contributed by atoms with Crippen LogP contribution in [0.1, 0.15) is 35.3 Å². The van der Waals surface area contributed by atoms with E-state index < -0.39 is 0 Å². The van der Waals surface area contributed by atoms with Gasteiger partial charge in [0.2, 0.25) is 0 Å². The van der Waals surface area contributed by atoms with Gasteiger partial charge in [0, 0.05) is 42.7 Å². The fourth-order valence-corrected chi connectivity index (χ4v) is 3.76. The Morgan fingerprint density at radius 1 is 1.38 bits per heavy atom. The van der Waals surface area contributed by atoms with Gasteiger partial charge in [0.25, 0.3) is 5.91 Å². The molecule has 2 aromatic rings. The first-order valence-corrected chi connectivity index (χ1v) is 9.26. The van der Waals surface area contributed by atoms with Crippen molar-refractivity contribution in [3.05, 3.63) is 35.8 Å². The van der Waals surface area contributed by atoms with Gasteiger partial charge < -0.3 is 15.5 Å². The van der Waals surface area contributed by atoms with E-state index in [2.05, 4.69) is 32.5 Å². The molecule has 1 saturated heterocycles. The van der Waals surface area contributed by atoms with Gasteiger partial charge in [-0.25, -0.2) is 9.97 Å². The van der Waals surface area contributed by atoms with Crippen molar-refractivity contribution in [1.29, 1.82) is 0 Å². The summed E-state index contributed by atoms with van der Waals surface area (Å²) in [6, 6.07) is 4.38. The molecule has 2 N–H and O–H groups in total. The second-order valence-electron chi connectivity index (χ2n) is 6.96. The molecule has 7 nitrogen and oxygen atoms in total. The average molecular weight is 352 g/mol. The van der Waals surface area contributed by atoms with Gasteiger partial charge in [-0.05, 0) is 51.4 Å². The molecule has 0 bridgehead atoms. The van der Waals surface area contributed by atoms with Crippen LogP contribution in [0.25, 0.3) is 11.4 Å². The van der Waals surface area contributed by atoms with E-state index in [1.165, 1.54) is 19.4 Å². The zero-order valence-corrected chi connectivity index (χ0v) is 15.0. The van der Waals surface area contributed by atoms with E-state index in [1.807, 2.05) is 12.1 Å². The summed E-state index contributed by atoms with van der Waals surface area (Å²) in [5.41, 5.74) is 2.21. The first-order chi connectivity index (χ1) is 12.7. The minimum absolute atomic E-state index is 0.127. The molecule has 1 atom stereocenters. The minimum atomic E-state index is -0.127. The summed E-state index contributed by atoms with van der Waals surface area (Å²) in [5.74, 6) is 1.19. The molecule has 0 radical (unpaired) electrons. The molecule has 4 heterocycles. The summed E-state index contributed by atoms with van der Waals surface area (Å²) in [5, 5.41) is 6.34. The number of hydrogen-bond acceptors (Lipinski definition) is 6. The Hall–Kier alpha value is -2.54. The SMILES string of the molecule is CN1CCCC1CCNc1nc(-c2cccnc2)nc2c1CCNC2=O. The summed E-state index contributed by atoms with van der Waals surface area (Å²) in [6.07, 6.45) is 7.79. The average Bonchev–Trinajstić information content (AvgIpc) is 3.08. The van der Waals surface area contributed by atoms with Gasteiger partial charge in [-0.3, -0.25) is 9.78 Å². The zero-order chi connectivity index (χ0) is 17.9. The Morgan fingerprint density at radius 3 is 3.08 bits per heavy atom. The first-order valence-electron chi connectivity index (χ1n) is 9.26. The lowest BCUT2D eigenvalue weighted by Gasteiger charge is -2.22. The maximum absolute atomic E-state index is 12.3. The number of hydrogen-bond donors (Lipinski definition) is 2. The van der Waals surface area contributed by atoms with Crippen molar-refractivity contribution in [2.45, 2.75) is 31.7 Å². The number of carbonyl (C=O) groups is 1. The second kappa shape index (κ2) is 7.37. The molecule has 0 aliphatic carbocycles. The summed E-state index contributed by atoms with van der Waals surface area (Å²) in [4.78, 5) is 28.1. The third kappa shape index (κ3) is 3.39. The van der Waals surface area contributed by atoms with E-state index in [4.69, 9.17) is 4.98 Å². The van der Waals surface area contributed by atoms with Gasteiger partial charge in [0.15, 0.2) is 5.82 Å². The van der Waals surface area contributed by atoms with Crippen molar-refractivity contribution in [2.75, 3.05) is 32.0 Å². The molecule has 0 aromatic carbocycles. The van der Waals surface area contributed by atoms with Crippen LogP contribution in [0.2, 0.25) is 0 Å². The lowest BCUT2D eigenvalue weighted by Crippen LogP contribution is -2.34. The van der Waals surface area contributed by atoms with E-state index >= 15 is 0 Å². The molecule has 4 rings (SSSR count).